The van der Waals surface area contributed by atoms with Crippen LogP contribution in [-0.2, 0) is 19.1 Å². The lowest BCUT2D eigenvalue weighted by Crippen LogP contribution is -2.43. The lowest BCUT2D eigenvalue weighted by molar-refractivity contribution is -0.150. The Hall–Kier alpha value is -1.06. The maximum atomic E-state index is 12.7. The molecule has 0 saturated heterocycles. The molecular weight excluding hydrogens is 568 g/mol. The fraction of sp³-hybridized carbons (Fsp3) is 0.952. The van der Waals surface area contributed by atoms with Crippen LogP contribution in [0.5, 0.6) is 0 Å². The van der Waals surface area contributed by atoms with Gasteiger partial charge in [0.15, 0.2) is 0 Å². The summed E-state index contributed by atoms with van der Waals surface area (Å²) in [5.41, 5.74) is 1.28. The van der Waals surface area contributed by atoms with Gasteiger partial charge in [0.2, 0.25) is 0 Å². The van der Waals surface area contributed by atoms with E-state index in [-0.39, 0.29) is 17.4 Å². The van der Waals surface area contributed by atoms with Crippen LogP contribution < -0.4 is 0 Å². The molecule has 4 bridgehead atoms. The Morgan fingerprint density at radius 1 is 0.565 bits per heavy atom. The van der Waals surface area contributed by atoms with Gasteiger partial charge < -0.3 is 9.47 Å². The number of hydrogen-bond acceptors (Lipinski definition) is 4. The Kier molecular flexibility index (Phi) is 15.8. The minimum Gasteiger partial charge on any atom is -0.466 e. The number of unbranched alkanes of at least 4 members (excludes halogenated alkanes) is 9. The number of fused-ring (bicyclic) bond motifs is 6. The highest BCUT2D eigenvalue weighted by molar-refractivity contribution is 5.70. The first-order valence-electron chi connectivity index (χ1n) is 20.5. The van der Waals surface area contributed by atoms with Gasteiger partial charge in [-0.05, 0) is 137 Å². The summed E-state index contributed by atoms with van der Waals surface area (Å²) in [5.74, 6) is 2.71. The first-order chi connectivity index (χ1) is 22.2. The lowest BCUT2D eigenvalue weighted by Gasteiger charge is -2.54. The van der Waals surface area contributed by atoms with E-state index < -0.39 is 0 Å². The quantitative estimate of drug-likeness (QED) is 0.0776. The fourth-order valence-corrected chi connectivity index (χ4v) is 10.1. The van der Waals surface area contributed by atoms with E-state index in [0.29, 0.717) is 36.9 Å². The smallest absolute Gasteiger partial charge is 0.306 e. The van der Waals surface area contributed by atoms with Gasteiger partial charge in [0.25, 0.3) is 0 Å². The average Bonchev–Trinajstić information content (AvgIpc) is 3.05. The predicted molar refractivity (Wildman–Crippen MR) is 191 cm³/mol. The summed E-state index contributed by atoms with van der Waals surface area (Å²) in [5, 5.41) is 0. The number of ether oxygens (including phenoxy) is 2. The van der Waals surface area contributed by atoms with E-state index >= 15 is 0 Å². The first kappa shape index (κ1) is 37.8. The molecule has 0 amide bonds. The monoisotopic (exact) mass is 643 g/mol. The molecule has 0 aromatic rings. The van der Waals surface area contributed by atoms with Crippen molar-refractivity contribution in [3.05, 3.63) is 0 Å². The third-order valence-corrected chi connectivity index (χ3v) is 13.5. The van der Waals surface area contributed by atoms with E-state index in [0.717, 1.165) is 43.4 Å². The zero-order chi connectivity index (χ0) is 32.7. The highest BCUT2D eigenvalue weighted by atomic mass is 16.5. The Balaban J connectivity index is 0.958. The SMILES string of the molecule is CC(C)CCCCCCCCOC(=O)CC12CCC(CC(C)CCCCCCCC(=O)OCCC34CCC(CC3)CC4)(CC1)CC2. The van der Waals surface area contributed by atoms with Gasteiger partial charge in [-0.3, -0.25) is 9.59 Å². The van der Waals surface area contributed by atoms with E-state index in [1.165, 1.54) is 148 Å². The van der Waals surface area contributed by atoms with Crippen LogP contribution in [0.4, 0.5) is 0 Å². The van der Waals surface area contributed by atoms with Gasteiger partial charge >= 0.3 is 11.9 Å². The summed E-state index contributed by atoms with van der Waals surface area (Å²) in [6.07, 6.45) is 35.9. The molecule has 1 unspecified atom stereocenters. The summed E-state index contributed by atoms with van der Waals surface area (Å²) in [4.78, 5) is 25.0. The van der Waals surface area contributed by atoms with Crippen molar-refractivity contribution in [1.82, 2.24) is 0 Å². The topological polar surface area (TPSA) is 52.6 Å². The van der Waals surface area contributed by atoms with Gasteiger partial charge in [0.1, 0.15) is 0 Å². The summed E-state index contributed by atoms with van der Waals surface area (Å²) in [6.45, 7) is 8.36. The lowest BCUT2D eigenvalue weighted by atomic mass is 9.51. The van der Waals surface area contributed by atoms with Crippen molar-refractivity contribution < 1.29 is 19.1 Å². The van der Waals surface area contributed by atoms with E-state index in [9.17, 15) is 9.59 Å². The fourth-order valence-electron chi connectivity index (χ4n) is 10.1. The van der Waals surface area contributed by atoms with E-state index in [4.69, 9.17) is 9.47 Å². The molecule has 0 radical (unpaired) electrons. The Morgan fingerprint density at radius 3 is 1.72 bits per heavy atom. The van der Waals surface area contributed by atoms with Crippen LogP contribution in [0.2, 0.25) is 0 Å². The molecule has 6 aliphatic carbocycles. The third-order valence-electron chi connectivity index (χ3n) is 13.5. The minimum atomic E-state index is 0.0308. The number of carbonyl (C=O) groups excluding carboxylic acids is 2. The summed E-state index contributed by atoms with van der Waals surface area (Å²) in [6, 6.07) is 0. The van der Waals surface area contributed by atoms with Crippen LogP contribution in [0.25, 0.3) is 0 Å². The first-order valence-corrected chi connectivity index (χ1v) is 20.5. The standard InChI is InChI=1S/C42H74O4/c1-35(2)15-11-7-4-5-10-14-31-45-39(44)34-42-27-24-41(25-28-42,26-29-42)33-36(3)16-12-8-6-9-13-17-38(43)46-32-30-40-21-18-37(19-22-40)20-23-40/h35-37H,4-34H2,1-3H3. The summed E-state index contributed by atoms with van der Waals surface area (Å²) >= 11 is 0. The number of esters is 2. The van der Waals surface area contributed by atoms with Crippen molar-refractivity contribution in [1.29, 1.82) is 0 Å². The number of hydrogen-bond donors (Lipinski definition) is 0. The molecule has 6 aliphatic rings. The Labute approximate surface area is 284 Å². The molecule has 4 nitrogen and oxygen atoms in total. The van der Waals surface area contributed by atoms with Crippen LogP contribution >= 0.6 is 0 Å². The maximum Gasteiger partial charge on any atom is 0.306 e. The number of carbonyl (C=O) groups is 2. The van der Waals surface area contributed by atoms with E-state index in [2.05, 4.69) is 20.8 Å². The number of rotatable bonds is 24. The van der Waals surface area contributed by atoms with Crippen LogP contribution in [0.15, 0.2) is 0 Å². The second-order valence-corrected chi connectivity index (χ2v) is 17.8. The molecule has 0 aromatic carbocycles. The zero-order valence-electron chi connectivity index (χ0n) is 30.8. The van der Waals surface area contributed by atoms with Gasteiger partial charge in [-0.2, -0.15) is 0 Å². The molecule has 6 saturated carbocycles. The Bertz CT molecular complexity index is 846. The van der Waals surface area contributed by atoms with Crippen LogP contribution in [-0.4, -0.2) is 25.2 Å². The van der Waals surface area contributed by atoms with Crippen molar-refractivity contribution in [3.8, 4) is 0 Å². The second kappa shape index (κ2) is 19.2. The van der Waals surface area contributed by atoms with Gasteiger partial charge in [-0.15, -0.1) is 0 Å². The second-order valence-electron chi connectivity index (χ2n) is 17.8. The molecular formula is C42H74O4. The predicted octanol–water partition coefficient (Wildman–Crippen LogP) is 12.3. The van der Waals surface area contributed by atoms with Crippen molar-refractivity contribution in [2.24, 2.45) is 34.0 Å². The minimum absolute atomic E-state index is 0.0308. The van der Waals surface area contributed by atoms with Crippen molar-refractivity contribution in [2.45, 2.75) is 207 Å². The molecule has 6 rings (SSSR count). The molecule has 1 atom stereocenters. The molecule has 266 valence electrons. The van der Waals surface area contributed by atoms with Crippen molar-refractivity contribution in [3.63, 3.8) is 0 Å². The highest BCUT2D eigenvalue weighted by Crippen LogP contribution is 2.60. The zero-order valence-corrected chi connectivity index (χ0v) is 30.8. The van der Waals surface area contributed by atoms with Gasteiger partial charge in [0.05, 0.1) is 19.6 Å². The van der Waals surface area contributed by atoms with Crippen LogP contribution in [0.1, 0.15) is 207 Å². The largest absolute Gasteiger partial charge is 0.466 e. The average molecular weight is 643 g/mol. The molecule has 0 N–H and O–H groups in total. The van der Waals surface area contributed by atoms with Crippen LogP contribution in [0, 0.1) is 34.0 Å². The maximum absolute atomic E-state index is 12.7. The van der Waals surface area contributed by atoms with Crippen molar-refractivity contribution in [2.75, 3.05) is 13.2 Å². The van der Waals surface area contributed by atoms with Gasteiger partial charge in [0, 0.05) is 6.42 Å². The third kappa shape index (κ3) is 12.8. The molecule has 46 heavy (non-hydrogen) atoms. The molecule has 4 heteroatoms. The van der Waals surface area contributed by atoms with Crippen molar-refractivity contribution >= 4 is 11.9 Å². The molecule has 0 heterocycles. The summed E-state index contributed by atoms with van der Waals surface area (Å²) in [7, 11) is 0. The molecule has 0 aliphatic heterocycles. The van der Waals surface area contributed by atoms with Gasteiger partial charge in [-0.1, -0.05) is 91.4 Å². The summed E-state index contributed by atoms with van der Waals surface area (Å²) < 4.78 is 11.4. The van der Waals surface area contributed by atoms with E-state index in [1.807, 2.05) is 0 Å². The molecule has 0 aromatic heterocycles. The van der Waals surface area contributed by atoms with Crippen LogP contribution in [0.3, 0.4) is 0 Å². The molecule has 6 fully saturated rings. The van der Waals surface area contributed by atoms with Gasteiger partial charge in [-0.25, -0.2) is 0 Å². The molecule has 0 spiro atoms. The van der Waals surface area contributed by atoms with E-state index in [1.54, 1.807) is 0 Å². The highest BCUT2D eigenvalue weighted by Gasteiger charge is 2.49. The normalized spacial score (nSPS) is 29.3. The Morgan fingerprint density at radius 2 is 1.09 bits per heavy atom.